The lowest BCUT2D eigenvalue weighted by Crippen LogP contribution is -1.80. The van der Waals surface area contributed by atoms with Crippen LogP contribution in [0.25, 0.3) is 0 Å². The highest BCUT2D eigenvalue weighted by Crippen LogP contribution is 1.75. The third kappa shape index (κ3) is 5.66. The molecule has 0 unspecified atom stereocenters. The quantitative estimate of drug-likeness (QED) is 0.395. The maximum absolute atomic E-state index is 4.91. The van der Waals surface area contributed by atoms with Crippen molar-refractivity contribution in [1.82, 2.24) is 0 Å². The standard InChI is InChI=1S/C6H12OSi/c1-2-3-4-5-6-7-8/h2-5H,6H2,1,8H3. The van der Waals surface area contributed by atoms with Gasteiger partial charge in [-0.2, -0.15) is 0 Å². The Hall–Kier alpha value is -0.343. The molecule has 0 saturated heterocycles. The van der Waals surface area contributed by atoms with Crippen LogP contribution in [0.2, 0.25) is 0 Å². The number of hydrogen-bond donors (Lipinski definition) is 0. The molecule has 0 fully saturated rings. The third-order valence-electron chi connectivity index (χ3n) is 0.703. The molecule has 0 aromatic heterocycles. The predicted octanol–water partition coefficient (Wildman–Crippen LogP) is 0.416. The molecule has 0 spiro atoms. The van der Waals surface area contributed by atoms with Crippen molar-refractivity contribution in [3.05, 3.63) is 24.3 Å². The minimum Gasteiger partial charge on any atom is -0.424 e. The maximum atomic E-state index is 4.91. The minimum absolute atomic E-state index is 0.760. The Bertz CT molecular complexity index is 86.5. The Labute approximate surface area is 53.6 Å². The maximum Gasteiger partial charge on any atom is 0.146 e. The molecule has 0 amide bonds. The van der Waals surface area contributed by atoms with Crippen LogP contribution in [0.5, 0.6) is 0 Å². The molecule has 8 heavy (non-hydrogen) atoms. The van der Waals surface area contributed by atoms with Gasteiger partial charge in [-0.25, -0.2) is 0 Å². The van der Waals surface area contributed by atoms with Gasteiger partial charge in [-0.05, 0) is 6.92 Å². The molecule has 0 rings (SSSR count). The van der Waals surface area contributed by atoms with Gasteiger partial charge in [-0.1, -0.05) is 24.3 Å². The SMILES string of the molecule is CC=CC=CCO[SiH3]. The van der Waals surface area contributed by atoms with E-state index in [0.29, 0.717) is 0 Å². The number of hydrogen-bond acceptors (Lipinski definition) is 1. The molecule has 0 aromatic carbocycles. The normalized spacial score (nSPS) is 12.1. The first kappa shape index (κ1) is 7.66. The average Bonchev–Trinajstić information content (AvgIpc) is 1.81. The van der Waals surface area contributed by atoms with Gasteiger partial charge in [0.1, 0.15) is 10.5 Å². The zero-order valence-corrected chi connectivity index (χ0v) is 7.42. The lowest BCUT2D eigenvalue weighted by molar-refractivity contribution is 0.401. The molecule has 0 aliphatic heterocycles. The first-order valence-electron chi connectivity index (χ1n) is 2.68. The molecule has 1 nitrogen and oxygen atoms in total. The summed E-state index contributed by atoms with van der Waals surface area (Å²) in [7, 11) is 0.832. The number of rotatable bonds is 3. The monoisotopic (exact) mass is 128 g/mol. The van der Waals surface area contributed by atoms with Crippen LogP contribution in [-0.4, -0.2) is 17.1 Å². The Morgan fingerprint density at radius 3 is 2.75 bits per heavy atom. The lowest BCUT2D eigenvalue weighted by Gasteiger charge is -1.83. The summed E-state index contributed by atoms with van der Waals surface area (Å²) in [6.45, 7) is 2.75. The van der Waals surface area contributed by atoms with E-state index < -0.39 is 0 Å². The molecule has 0 saturated carbocycles. The van der Waals surface area contributed by atoms with E-state index in [1.807, 2.05) is 31.2 Å². The topological polar surface area (TPSA) is 9.23 Å². The molecule has 0 bridgehead atoms. The molecule has 0 heterocycles. The third-order valence-corrected chi connectivity index (χ3v) is 1.04. The summed E-state index contributed by atoms with van der Waals surface area (Å²) >= 11 is 0. The van der Waals surface area contributed by atoms with Crippen LogP contribution in [0.15, 0.2) is 24.3 Å². The van der Waals surface area contributed by atoms with Crippen molar-refractivity contribution in [2.45, 2.75) is 6.92 Å². The van der Waals surface area contributed by atoms with Crippen LogP contribution >= 0.6 is 0 Å². The van der Waals surface area contributed by atoms with Crippen molar-refractivity contribution in [2.75, 3.05) is 6.61 Å². The number of allylic oxidation sites excluding steroid dienone is 3. The van der Waals surface area contributed by atoms with Gasteiger partial charge in [0.05, 0.1) is 6.61 Å². The first-order chi connectivity index (χ1) is 3.91. The van der Waals surface area contributed by atoms with E-state index in [1.165, 1.54) is 0 Å². The highest BCUT2D eigenvalue weighted by molar-refractivity contribution is 5.98. The summed E-state index contributed by atoms with van der Waals surface area (Å²) in [5.41, 5.74) is 0. The molecular weight excluding hydrogens is 116 g/mol. The van der Waals surface area contributed by atoms with Gasteiger partial charge in [-0.15, -0.1) is 0 Å². The van der Waals surface area contributed by atoms with Gasteiger partial charge in [0, 0.05) is 0 Å². The molecule has 0 aliphatic rings. The second-order valence-electron chi connectivity index (χ2n) is 1.41. The molecule has 0 radical (unpaired) electrons. The van der Waals surface area contributed by atoms with Gasteiger partial charge in [0.25, 0.3) is 0 Å². The van der Waals surface area contributed by atoms with Gasteiger partial charge in [-0.3, -0.25) is 0 Å². The fourth-order valence-corrected chi connectivity index (χ4v) is 0.534. The van der Waals surface area contributed by atoms with Crippen LogP contribution in [0.1, 0.15) is 6.92 Å². The van der Waals surface area contributed by atoms with Crippen molar-refractivity contribution in [1.29, 1.82) is 0 Å². The molecule has 0 N–H and O–H groups in total. The first-order valence-corrected chi connectivity index (χ1v) is 3.50. The van der Waals surface area contributed by atoms with Crippen LogP contribution in [-0.2, 0) is 4.43 Å². The summed E-state index contributed by atoms with van der Waals surface area (Å²) < 4.78 is 4.91. The fourth-order valence-electron chi connectivity index (χ4n) is 0.341. The average molecular weight is 128 g/mol. The van der Waals surface area contributed by atoms with Crippen molar-refractivity contribution in [3.8, 4) is 0 Å². The van der Waals surface area contributed by atoms with Crippen LogP contribution in [0, 0.1) is 0 Å². The van der Waals surface area contributed by atoms with Crippen LogP contribution in [0.3, 0.4) is 0 Å². The minimum atomic E-state index is 0.760. The van der Waals surface area contributed by atoms with E-state index in [1.54, 1.807) is 0 Å². The second-order valence-corrected chi connectivity index (χ2v) is 1.99. The van der Waals surface area contributed by atoms with Crippen molar-refractivity contribution in [3.63, 3.8) is 0 Å². The molecule has 46 valence electrons. The summed E-state index contributed by atoms with van der Waals surface area (Å²) in [6.07, 6.45) is 7.95. The molecule has 0 aromatic rings. The Balaban J connectivity index is 3.07. The highest BCUT2D eigenvalue weighted by Gasteiger charge is 1.64. The Morgan fingerprint density at radius 1 is 1.50 bits per heavy atom. The molecular formula is C6H12OSi. The highest BCUT2D eigenvalue weighted by atomic mass is 28.2. The van der Waals surface area contributed by atoms with Crippen LogP contribution < -0.4 is 0 Å². The van der Waals surface area contributed by atoms with Crippen molar-refractivity contribution >= 4 is 10.5 Å². The molecule has 0 atom stereocenters. The zero-order chi connectivity index (χ0) is 6.24. The second kappa shape index (κ2) is 6.66. The van der Waals surface area contributed by atoms with Gasteiger partial charge in [0.15, 0.2) is 0 Å². The van der Waals surface area contributed by atoms with E-state index in [9.17, 15) is 0 Å². The summed E-state index contributed by atoms with van der Waals surface area (Å²) in [4.78, 5) is 0. The Morgan fingerprint density at radius 2 is 2.25 bits per heavy atom. The van der Waals surface area contributed by atoms with E-state index >= 15 is 0 Å². The molecule has 0 aliphatic carbocycles. The van der Waals surface area contributed by atoms with Crippen molar-refractivity contribution in [2.24, 2.45) is 0 Å². The van der Waals surface area contributed by atoms with E-state index in [-0.39, 0.29) is 0 Å². The zero-order valence-electron chi connectivity index (χ0n) is 5.42. The largest absolute Gasteiger partial charge is 0.424 e. The predicted molar refractivity (Wildman–Crippen MR) is 39.8 cm³/mol. The van der Waals surface area contributed by atoms with Gasteiger partial charge < -0.3 is 4.43 Å². The summed E-state index contributed by atoms with van der Waals surface area (Å²) in [5.74, 6) is 0. The smallest absolute Gasteiger partial charge is 0.146 e. The van der Waals surface area contributed by atoms with E-state index in [0.717, 1.165) is 17.1 Å². The fraction of sp³-hybridized carbons (Fsp3) is 0.333. The van der Waals surface area contributed by atoms with Crippen molar-refractivity contribution < 1.29 is 4.43 Å². The molecule has 2 heteroatoms. The van der Waals surface area contributed by atoms with E-state index in [2.05, 4.69) is 0 Å². The van der Waals surface area contributed by atoms with Gasteiger partial charge in [0.2, 0.25) is 0 Å². The summed E-state index contributed by atoms with van der Waals surface area (Å²) in [5, 5.41) is 0. The van der Waals surface area contributed by atoms with Gasteiger partial charge >= 0.3 is 0 Å². The Kier molecular flexibility index (Phi) is 6.37. The summed E-state index contributed by atoms with van der Waals surface area (Å²) in [6, 6.07) is 0. The lowest BCUT2D eigenvalue weighted by atomic mass is 10.4. The van der Waals surface area contributed by atoms with E-state index in [4.69, 9.17) is 4.43 Å². The van der Waals surface area contributed by atoms with Crippen LogP contribution in [0.4, 0.5) is 0 Å².